The summed E-state index contributed by atoms with van der Waals surface area (Å²) in [4.78, 5) is 24.0. The van der Waals surface area contributed by atoms with Crippen LogP contribution in [0.1, 0.15) is 58.3 Å². The van der Waals surface area contributed by atoms with Crippen LogP contribution < -0.4 is 10.6 Å². The van der Waals surface area contributed by atoms with Gasteiger partial charge in [-0.1, -0.05) is 20.8 Å². The summed E-state index contributed by atoms with van der Waals surface area (Å²) in [7, 11) is 0. The van der Waals surface area contributed by atoms with E-state index in [0.29, 0.717) is 17.9 Å². The molecule has 6 heteroatoms. The zero-order valence-corrected chi connectivity index (χ0v) is 17.0. The van der Waals surface area contributed by atoms with Gasteiger partial charge in [-0.2, -0.15) is 5.26 Å². The Labute approximate surface area is 161 Å². The number of hydrogen-bond acceptors (Lipinski definition) is 5. The highest BCUT2D eigenvalue weighted by atomic mass is 16.5. The number of benzene rings is 1. The van der Waals surface area contributed by atoms with Crippen LogP contribution >= 0.6 is 0 Å². The molecule has 0 unspecified atom stereocenters. The van der Waals surface area contributed by atoms with Crippen LogP contribution in [0.4, 0.5) is 5.69 Å². The summed E-state index contributed by atoms with van der Waals surface area (Å²) in [5.41, 5.74) is 0.716. The normalized spacial score (nSPS) is 12.1. The van der Waals surface area contributed by atoms with Gasteiger partial charge in [-0.05, 0) is 56.9 Å². The minimum absolute atomic E-state index is 0.0218. The Morgan fingerprint density at radius 3 is 2.22 bits per heavy atom. The minimum Gasteiger partial charge on any atom is -0.462 e. The number of anilines is 1. The molecule has 0 saturated heterocycles. The smallest absolute Gasteiger partial charge is 0.338 e. The standard InChI is InChI=1S/C21H29N3O3/c1-7-27-19(26)15-8-10-17(11-9-15)24-18(25)16(12-22)13-23-21(5,6)14-20(2,3)4/h8-11,13,23H,7,14H2,1-6H3,(H,24,25)/b16-13-. The highest BCUT2D eigenvalue weighted by Crippen LogP contribution is 2.26. The average Bonchev–Trinajstić information content (AvgIpc) is 2.54. The lowest BCUT2D eigenvalue weighted by Gasteiger charge is -2.33. The molecule has 0 saturated carbocycles. The van der Waals surface area contributed by atoms with Gasteiger partial charge in [-0.25, -0.2) is 4.79 Å². The van der Waals surface area contributed by atoms with Crippen LogP contribution in [0.3, 0.4) is 0 Å². The Morgan fingerprint density at radius 1 is 1.15 bits per heavy atom. The van der Waals surface area contributed by atoms with Crippen LogP contribution in [0.15, 0.2) is 36.0 Å². The van der Waals surface area contributed by atoms with Gasteiger partial charge in [0.05, 0.1) is 12.2 Å². The molecule has 0 radical (unpaired) electrons. The zero-order chi connectivity index (χ0) is 20.7. The molecular weight excluding hydrogens is 342 g/mol. The largest absolute Gasteiger partial charge is 0.462 e. The van der Waals surface area contributed by atoms with Crippen LogP contribution in [-0.4, -0.2) is 24.0 Å². The van der Waals surface area contributed by atoms with E-state index in [2.05, 4.69) is 31.4 Å². The minimum atomic E-state index is -0.513. The number of nitrogens with one attached hydrogen (secondary N) is 2. The lowest BCUT2D eigenvalue weighted by molar-refractivity contribution is -0.112. The molecule has 0 bridgehead atoms. The van der Waals surface area contributed by atoms with E-state index < -0.39 is 11.9 Å². The van der Waals surface area contributed by atoms with E-state index >= 15 is 0 Å². The van der Waals surface area contributed by atoms with Crippen molar-refractivity contribution in [3.8, 4) is 6.07 Å². The molecule has 0 fully saturated rings. The molecule has 1 aromatic carbocycles. The first-order valence-corrected chi connectivity index (χ1v) is 8.94. The molecule has 0 aromatic heterocycles. The van der Waals surface area contributed by atoms with Crippen molar-refractivity contribution in [1.82, 2.24) is 5.32 Å². The number of nitriles is 1. The quantitative estimate of drug-likeness (QED) is 0.429. The van der Waals surface area contributed by atoms with E-state index in [1.807, 2.05) is 19.9 Å². The second kappa shape index (κ2) is 9.22. The number of amides is 1. The molecule has 1 aromatic rings. The highest BCUT2D eigenvalue weighted by molar-refractivity contribution is 6.06. The third-order valence-electron chi connectivity index (χ3n) is 3.60. The van der Waals surface area contributed by atoms with E-state index in [4.69, 9.17) is 4.74 Å². The van der Waals surface area contributed by atoms with Gasteiger partial charge < -0.3 is 15.4 Å². The molecule has 1 rings (SSSR count). The Bertz CT molecular complexity index is 735. The maximum absolute atomic E-state index is 12.3. The topological polar surface area (TPSA) is 91.2 Å². The maximum Gasteiger partial charge on any atom is 0.338 e. The van der Waals surface area contributed by atoms with Gasteiger partial charge in [-0.3, -0.25) is 4.79 Å². The summed E-state index contributed by atoms with van der Waals surface area (Å²) in [5, 5.41) is 15.1. The van der Waals surface area contributed by atoms with Crippen LogP contribution in [0.5, 0.6) is 0 Å². The van der Waals surface area contributed by atoms with Crippen molar-refractivity contribution in [3.05, 3.63) is 41.6 Å². The Kier molecular flexibility index (Phi) is 7.59. The number of rotatable bonds is 7. The van der Waals surface area contributed by atoms with E-state index in [9.17, 15) is 14.9 Å². The van der Waals surface area contributed by atoms with Crippen molar-refractivity contribution >= 4 is 17.6 Å². The molecule has 0 aliphatic heterocycles. The molecule has 146 valence electrons. The lowest BCUT2D eigenvalue weighted by Crippen LogP contribution is -2.39. The monoisotopic (exact) mass is 371 g/mol. The highest BCUT2D eigenvalue weighted by Gasteiger charge is 2.24. The van der Waals surface area contributed by atoms with E-state index in [1.165, 1.54) is 6.20 Å². The number of ether oxygens (including phenoxy) is 1. The number of hydrogen-bond donors (Lipinski definition) is 2. The fraction of sp³-hybridized carbons (Fsp3) is 0.476. The molecule has 1 amide bonds. The second-order valence-corrected chi connectivity index (χ2v) is 8.19. The molecule has 0 atom stereocenters. The van der Waals surface area contributed by atoms with Gasteiger partial charge in [0.2, 0.25) is 0 Å². The van der Waals surface area contributed by atoms with Gasteiger partial charge in [0.25, 0.3) is 5.91 Å². The SMILES string of the molecule is CCOC(=O)c1ccc(NC(=O)/C(C#N)=C\NC(C)(C)CC(C)(C)C)cc1. The second-order valence-electron chi connectivity index (χ2n) is 8.19. The van der Waals surface area contributed by atoms with Crippen molar-refractivity contribution in [3.63, 3.8) is 0 Å². The third-order valence-corrected chi connectivity index (χ3v) is 3.60. The fourth-order valence-corrected chi connectivity index (χ4v) is 2.90. The first-order chi connectivity index (χ1) is 12.5. The van der Waals surface area contributed by atoms with E-state index in [0.717, 1.165) is 6.42 Å². The molecule has 6 nitrogen and oxygen atoms in total. The molecule has 0 heterocycles. The number of carbonyl (C=O) groups excluding carboxylic acids is 2. The average molecular weight is 371 g/mol. The lowest BCUT2D eigenvalue weighted by atomic mass is 9.82. The molecule has 0 spiro atoms. The predicted molar refractivity (Wildman–Crippen MR) is 106 cm³/mol. The maximum atomic E-state index is 12.3. The first-order valence-electron chi connectivity index (χ1n) is 8.94. The first kappa shape index (κ1) is 22.2. The summed E-state index contributed by atoms with van der Waals surface area (Å²) in [6, 6.07) is 8.23. The Hall–Kier alpha value is -2.81. The van der Waals surface area contributed by atoms with Crippen LogP contribution in [0.2, 0.25) is 0 Å². The fourth-order valence-electron chi connectivity index (χ4n) is 2.90. The van der Waals surface area contributed by atoms with Gasteiger partial charge in [-0.15, -0.1) is 0 Å². The van der Waals surface area contributed by atoms with Crippen molar-refractivity contribution in [2.75, 3.05) is 11.9 Å². The summed E-state index contributed by atoms with van der Waals surface area (Å²) in [5.74, 6) is -0.932. The van der Waals surface area contributed by atoms with Gasteiger partial charge >= 0.3 is 5.97 Å². The molecule has 27 heavy (non-hydrogen) atoms. The van der Waals surface area contributed by atoms with Gasteiger partial charge in [0.1, 0.15) is 11.6 Å². The Balaban J connectivity index is 2.79. The Morgan fingerprint density at radius 2 is 1.74 bits per heavy atom. The number of nitrogens with zero attached hydrogens (tertiary/aromatic N) is 1. The van der Waals surface area contributed by atoms with E-state index in [1.54, 1.807) is 31.2 Å². The van der Waals surface area contributed by atoms with Crippen molar-refractivity contribution < 1.29 is 14.3 Å². The number of carbonyl (C=O) groups is 2. The summed E-state index contributed by atoms with van der Waals surface area (Å²) in [6.07, 6.45) is 2.32. The summed E-state index contributed by atoms with van der Waals surface area (Å²) >= 11 is 0. The van der Waals surface area contributed by atoms with Gasteiger partial charge in [0, 0.05) is 17.4 Å². The molecule has 0 aliphatic carbocycles. The van der Waals surface area contributed by atoms with Gasteiger partial charge in [0.15, 0.2) is 0 Å². The number of esters is 1. The van der Waals surface area contributed by atoms with Crippen LogP contribution in [0, 0.1) is 16.7 Å². The van der Waals surface area contributed by atoms with Crippen molar-refractivity contribution in [1.29, 1.82) is 5.26 Å². The van der Waals surface area contributed by atoms with Crippen molar-refractivity contribution in [2.24, 2.45) is 5.41 Å². The van der Waals surface area contributed by atoms with Crippen molar-refractivity contribution in [2.45, 2.75) is 53.5 Å². The third kappa shape index (κ3) is 7.95. The molecule has 2 N–H and O–H groups in total. The van der Waals surface area contributed by atoms with Crippen LogP contribution in [0.25, 0.3) is 0 Å². The molecule has 0 aliphatic rings. The predicted octanol–water partition coefficient (Wildman–Crippen LogP) is 4.01. The summed E-state index contributed by atoms with van der Waals surface area (Å²) in [6.45, 7) is 12.5. The zero-order valence-electron chi connectivity index (χ0n) is 17.0. The van der Waals surface area contributed by atoms with E-state index in [-0.39, 0.29) is 16.5 Å². The van der Waals surface area contributed by atoms with Crippen LogP contribution in [-0.2, 0) is 9.53 Å². The molecular formula is C21H29N3O3. The summed E-state index contributed by atoms with van der Waals surface area (Å²) < 4.78 is 4.92.